The summed E-state index contributed by atoms with van der Waals surface area (Å²) in [5.74, 6) is -0.855. The van der Waals surface area contributed by atoms with Gasteiger partial charge in [-0.2, -0.15) is 0 Å². The quantitative estimate of drug-likeness (QED) is 0.398. The van der Waals surface area contributed by atoms with Crippen LogP contribution in [0.3, 0.4) is 0 Å². The summed E-state index contributed by atoms with van der Waals surface area (Å²) in [5, 5.41) is 2.98. The molecule has 1 aromatic heterocycles. The van der Waals surface area contributed by atoms with E-state index in [1.807, 2.05) is 0 Å². The Bertz CT molecular complexity index is 1240. The Morgan fingerprint density at radius 1 is 1.24 bits per heavy atom. The second kappa shape index (κ2) is 9.56. The Balaban J connectivity index is 1.54. The number of fused-ring (bicyclic) bond motifs is 1. The second-order valence-corrected chi connectivity index (χ2v) is 8.67. The molecule has 0 unspecified atom stereocenters. The normalized spacial score (nSPS) is 13.8. The number of Topliss-reactive ketones (excluding diaryl/α,β-unsaturated/α-hetero) is 1. The highest BCUT2D eigenvalue weighted by Crippen LogP contribution is 2.34. The molecule has 1 aliphatic heterocycles. The van der Waals surface area contributed by atoms with E-state index in [0.717, 1.165) is 11.1 Å². The Labute approximate surface area is 201 Å². The van der Waals surface area contributed by atoms with Gasteiger partial charge in [0, 0.05) is 42.6 Å². The third kappa shape index (κ3) is 4.74. The number of carbonyl (C=O) groups is 3. The molecule has 9 nitrogen and oxygen atoms in total. The summed E-state index contributed by atoms with van der Waals surface area (Å²) < 4.78 is 0. The number of hydrogen-bond acceptors (Lipinski definition) is 6. The van der Waals surface area contributed by atoms with E-state index in [2.05, 4.69) is 15.3 Å². The molecule has 0 radical (unpaired) electrons. The Hall–Kier alpha value is -3.85. The van der Waals surface area contributed by atoms with Gasteiger partial charge in [0.25, 0.3) is 11.8 Å². The first-order valence-electron chi connectivity index (χ1n) is 10.8. The van der Waals surface area contributed by atoms with Gasteiger partial charge in [0.2, 0.25) is 0 Å². The van der Waals surface area contributed by atoms with Crippen LogP contribution in [0, 0.1) is 0 Å². The molecule has 0 spiro atoms. The van der Waals surface area contributed by atoms with Crippen LogP contribution in [0.15, 0.2) is 42.9 Å². The molecule has 0 aliphatic carbocycles. The van der Waals surface area contributed by atoms with Gasteiger partial charge in [-0.05, 0) is 54.8 Å². The van der Waals surface area contributed by atoms with E-state index >= 15 is 0 Å². The minimum absolute atomic E-state index is 0.121. The summed E-state index contributed by atoms with van der Waals surface area (Å²) in [6.07, 6.45) is 3.89. The van der Waals surface area contributed by atoms with Gasteiger partial charge in [0.1, 0.15) is 0 Å². The fourth-order valence-corrected chi connectivity index (χ4v) is 4.47. The van der Waals surface area contributed by atoms with Crippen molar-refractivity contribution in [2.45, 2.75) is 32.4 Å². The van der Waals surface area contributed by atoms with Gasteiger partial charge in [-0.25, -0.2) is 4.98 Å². The number of nitrogens with two attached hydrogens (primary N) is 2. The molecule has 0 fully saturated rings. The molecule has 0 bridgehead atoms. The topological polar surface area (TPSA) is 147 Å². The zero-order valence-corrected chi connectivity index (χ0v) is 19.4. The molecule has 2 amide bonds. The van der Waals surface area contributed by atoms with E-state index in [1.54, 1.807) is 41.4 Å². The molecule has 4 rings (SSSR count). The van der Waals surface area contributed by atoms with Crippen molar-refractivity contribution < 1.29 is 14.4 Å². The lowest BCUT2D eigenvalue weighted by Crippen LogP contribution is -2.42. The first-order valence-corrected chi connectivity index (χ1v) is 11.2. The number of halogens is 1. The molecule has 1 atom stereocenters. The maximum atomic E-state index is 13.1. The Morgan fingerprint density at radius 2 is 1.97 bits per heavy atom. The average molecular weight is 481 g/mol. The summed E-state index contributed by atoms with van der Waals surface area (Å²) >= 11 is 6.63. The van der Waals surface area contributed by atoms with E-state index in [-0.39, 0.29) is 34.4 Å². The smallest absolute Gasteiger partial charge is 0.255 e. The zero-order valence-electron chi connectivity index (χ0n) is 18.6. The van der Waals surface area contributed by atoms with E-state index in [0.29, 0.717) is 36.5 Å². The Kier molecular flexibility index (Phi) is 6.56. The van der Waals surface area contributed by atoms with Crippen molar-refractivity contribution in [3.8, 4) is 0 Å². The number of ketones is 1. The minimum atomic E-state index is -0.768. The van der Waals surface area contributed by atoms with Crippen LogP contribution in [0.5, 0.6) is 0 Å². The van der Waals surface area contributed by atoms with Crippen LogP contribution in [0.2, 0.25) is 5.02 Å². The number of hydrogen-bond donors (Lipinski definition) is 4. The number of benzene rings is 2. The number of anilines is 2. The first kappa shape index (κ1) is 23.3. The van der Waals surface area contributed by atoms with Crippen molar-refractivity contribution in [2.75, 3.05) is 18.0 Å². The van der Waals surface area contributed by atoms with Crippen molar-refractivity contribution in [1.82, 2.24) is 20.2 Å². The highest BCUT2D eigenvalue weighted by atomic mass is 35.5. The number of rotatable bonds is 6. The van der Waals surface area contributed by atoms with Crippen LogP contribution in [0.1, 0.15) is 44.5 Å². The van der Waals surface area contributed by atoms with E-state index < -0.39 is 11.9 Å². The van der Waals surface area contributed by atoms with Gasteiger partial charge in [0.05, 0.1) is 28.6 Å². The van der Waals surface area contributed by atoms with Gasteiger partial charge in [0.15, 0.2) is 5.78 Å². The second-order valence-electron chi connectivity index (χ2n) is 8.29. The van der Waals surface area contributed by atoms with Gasteiger partial charge in [-0.1, -0.05) is 11.6 Å². The number of H-pyrrole nitrogens is 1. The van der Waals surface area contributed by atoms with Crippen LogP contribution in [0.4, 0.5) is 11.4 Å². The predicted octanol–water partition coefficient (Wildman–Crippen LogP) is 2.36. The van der Waals surface area contributed by atoms with E-state index in [4.69, 9.17) is 23.1 Å². The van der Waals surface area contributed by atoms with Gasteiger partial charge in [-0.15, -0.1) is 0 Å². The monoisotopic (exact) mass is 480 g/mol. The zero-order chi connectivity index (χ0) is 24.4. The summed E-state index contributed by atoms with van der Waals surface area (Å²) in [5.41, 5.74) is 15.6. The lowest BCUT2D eigenvalue weighted by Gasteiger charge is -2.30. The molecule has 0 saturated heterocycles. The van der Waals surface area contributed by atoms with Gasteiger partial charge < -0.3 is 26.7 Å². The highest BCUT2D eigenvalue weighted by Gasteiger charge is 2.29. The molecule has 34 heavy (non-hydrogen) atoms. The number of imidazole rings is 1. The molecule has 10 heteroatoms. The number of carbonyl (C=O) groups excluding carboxylic acids is 3. The minimum Gasteiger partial charge on any atom is -0.399 e. The van der Waals surface area contributed by atoms with Crippen LogP contribution >= 0.6 is 11.6 Å². The molecule has 2 heterocycles. The van der Waals surface area contributed by atoms with Crippen molar-refractivity contribution >= 4 is 40.6 Å². The lowest BCUT2D eigenvalue weighted by atomic mass is 9.94. The maximum absolute atomic E-state index is 13.1. The Morgan fingerprint density at radius 3 is 2.62 bits per heavy atom. The average Bonchev–Trinajstić information content (AvgIpc) is 3.31. The number of aromatic amines is 1. The van der Waals surface area contributed by atoms with Crippen molar-refractivity contribution in [1.29, 1.82) is 0 Å². The summed E-state index contributed by atoms with van der Waals surface area (Å²) in [6.45, 7) is 2.16. The first-order chi connectivity index (χ1) is 16.2. The van der Waals surface area contributed by atoms with Crippen LogP contribution in [-0.2, 0) is 24.2 Å². The largest absolute Gasteiger partial charge is 0.399 e. The standard InChI is InChI=1S/C24H25ClN6O3/c1-13(32)20(9-17-10-28-12-29-17)30-23(33)21-19(27)8-15-11-31(7-6-18(15)22(21)25)24(34)14-2-4-16(26)5-3-14/h2-5,8,10,12,20H,6-7,9,11,26-27H2,1H3,(H,28,29)(H,30,33)/t20-/m0/s1. The summed E-state index contributed by atoms with van der Waals surface area (Å²) in [6, 6.07) is 7.66. The van der Waals surface area contributed by atoms with Gasteiger partial charge in [-0.3, -0.25) is 14.4 Å². The lowest BCUT2D eigenvalue weighted by molar-refractivity contribution is -0.118. The SMILES string of the molecule is CC(=O)[C@H](Cc1c[nH]cn1)NC(=O)c1c(N)cc2c(c1Cl)CCN(C(=O)c1ccc(N)cc1)C2. The fraction of sp³-hybridized carbons (Fsp3) is 0.250. The molecule has 0 saturated carbocycles. The van der Waals surface area contributed by atoms with E-state index in [9.17, 15) is 14.4 Å². The predicted molar refractivity (Wildman–Crippen MR) is 129 cm³/mol. The molecule has 6 N–H and O–H groups in total. The molecule has 2 aromatic carbocycles. The molecular weight excluding hydrogens is 456 g/mol. The number of amides is 2. The number of aromatic nitrogens is 2. The van der Waals surface area contributed by atoms with Gasteiger partial charge >= 0.3 is 0 Å². The van der Waals surface area contributed by atoms with E-state index in [1.165, 1.54) is 13.3 Å². The van der Waals surface area contributed by atoms with Crippen LogP contribution < -0.4 is 16.8 Å². The van der Waals surface area contributed by atoms with Crippen molar-refractivity contribution in [2.24, 2.45) is 0 Å². The summed E-state index contributed by atoms with van der Waals surface area (Å²) in [4.78, 5) is 46.7. The maximum Gasteiger partial charge on any atom is 0.255 e. The van der Waals surface area contributed by atoms with Crippen LogP contribution in [0.25, 0.3) is 0 Å². The molecule has 1 aliphatic rings. The number of nitrogen functional groups attached to an aromatic ring is 2. The number of nitrogens with one attached hydrogen (secondary N) is 2. The number of nitrogens with zero attached hydrogens (tertiary/aromatic N) is 2. The molecule has 176 valence electrons. The molecule has 3 aromatic rings. The van der Waals surface area contributed by atoms with Crippen LogP contribution in [-0.4, -0.2) is 45.1 Å². The molecular formula is C24H25ClN6O3. The fourth-order valence-electron chi connectivity index (χ4n) is 4.06. The van der Waals surface area contributed by atoms with Crippen molar-refractivity contribution in [3.05, 3.63) is 75.8 Å². The van der Waals surface area contributed by atoms with Crippen molar-refractivity contribution in [3.63, 3.8) is 0 Å². The summed E-state index contributed by atoms with van der Waals surface area (Å²) in [7, 11) is 0. The third-order valence-electron chi connectivity index (χ3n) is 5.92. The highest BCUT2D eigenvalue weighted by molar-refractivity contribution is 6.35. The third-order valence-corrected chi connectivity index (χ3v) is 6.34.